The summed E-state index contributed by atoms with van der Waals surface area (Å²) in [5, 5.41) is 5.95. The maximum atomic E-state index is 6.81. The van der Waals surface area contributed by atoms with E-state index in [1.54, 1.807) is 0 Å². The molecule has 0 saturated carbocycles. The van der Waals surface area contributed by atoms with Crippen LogP contribution in [0.5, 0.6) is 0 Å². The van der Waals surface area contributed by atoms with Gasteiger partial charge in [-0.1, -0.05) is 90.6 Å². The van der Waals surface area contributed by atoms with E-state index in [-0.39, 0.29) is 5.37 Å². The van der Waals surface area contributed by atoms with Crippen LogP contribution in [0.2, 0.25) is 0 Å². The lowest BCUT2D eigenvalue weighted by molar-refractivity contribution is 0.547. The molecule has 0 fully saturated rings. The summed E-state index contributed by atoms with van der Waals surface area (Å²) in [4.78, 5) is 8.37. The number of amidine groups is 1. The Hall–Kier alpha value is -4.29. The predicted octanol–water partition coefficient (Wildman–Crippen LogP) is 11.0. The van der Waals surface area contributed by atoms with Crippen LogP contribution >= 0.6 is 34.7 Å². The van der Waals surface area contributed by atoms with Crippen LogP contribution in [-0.4, -0.2) is 27.2 Å². The average Bonchev–Trinajstić information content (AvgIpc) is 3.77. The summed E-state index contributed by atoms with van der Waals surface area (Å²) in [5.41, 5.74) is 11.0. The monoisotopic (exact) mass is 635 g/mol. The summed E-state index contributed by atoms with van der Waals surface area (Å²) >= 11 is 10.6. The number of aromatic nitrogens is 1. The van der Waals surface area contributed by atoms with Gasteiger partial charge in [0.15, 0.2) is 5.29 Å². The maximum Gasteiger partial charge on any atom is 0.200 e. The number of thioether (sulfide) groups is 1. The van der Waals surface area contributed by atoms with E-state index in [2.05, 4.69) is 119 Å². The molecule has 2 aliphatic heterocycles. The molecule has 0 bridgehead atoms. The summed E-state index contributed by atoms with van der Waals surface area (Å²) in [6.07, 6.45) is 6.87. The second kappa shape index (κ2) is 9.60. The van der Waals surface area contributed by atoms with Crippen molar-refractivity contribution in [2.45, 2.75) is 23.1 Å². The van der Waals surface area contributed by atoms with Crippen molar-refractivity contribution in [1.29, 1.82) is 0 Å². The number of rotatable bonds is 2. The molecule has 1 aliphatic carbocycles. The molecule has 216 valence electrons. The molecule has 3 aliphatic rings. The highest BCUT2D eigenvalue weighted by molar-refractivity contribution is 8.00. The third-order valence-electron chi connectivity index (χ3n) is 9.56. The van der Waals surface area contributed by atoms with Crippen LogP contribution in [0.1, 0.15) is 28.7 Å². The molecule has 3 nitrogen and oxygen atoms in total. The Morgan fingerprint density at radius 2 is 1.69 bits per heavy atom. The molecular formula is C39H26ClN3S2. The Labute approximate surface area is 273 Å². The summed E-state index contributed by atoms with van der Waals surface area (Å²) in [6.45, 7) is 0. The van der Waals surface area contributed by atoms with E-state index >= 15 is 0 Å². The zero-order valence-corrected chi connectivity index (χ0v) is 26.8. The first-order valence-corrected chi connectivity index (χ1v) is 17.4. The molecule has 10 rings (SSSR count). The van der Waals surface area contributed by atoms with Gasteiger partial charge >= 0.3 is 0 Å². The van der Waals surface area contributed by atoms with Gasteiger partial charge in [0.1, 0.15) is 5.37 Å². The van der Waals surface area contributed by atoms with E-state index in [1.807, 2.05) is 30.1 Å². The predicted molar refractivity (Wildman–Crippen MR) is 195 cm³/mol. The number of allylic oxidation sites excluding steroid dienone is 1. The fraction of sp³-hybridized carbons (Fsp3) is 0.103. The van der Waals surface area contributed by atoms with Gasteiger partial charge in [0.05, 0.1) is 16.7 Å². The Kier molecular flexibility index (Phi) is 5.54. The van der Waals surface area contributed by atoms with E-state index in [9.17, 15) is 0 Å². The van der Waals surface area contributed by atoms with Crippen molar-refractivity contribution >= 4 is 99.3 Å². The maximum absolute atomic E-state index is 6.81. The van der Waals surface area contributed by atoms with Crippen molar-refractivity contribution in [3.63, 3.8) is 0 Å². The molecule has 0 radical (unpaired) electrons. The number of aryl methyl sites for hydroxylation is 1. The standard InChI is InChI=1S/C39H26ClN3S2/c1-42-38-33(27-16-5-9-20-31(27)45-38)35(41-39(42)40)22-11-10-12-23(21-22)43-29-18-7-4-15-26(29)32-24-13-2-3-14-25(24)37-34(36(32)43)28-17-6-8-19-30(28)44-37/h2,4-13,15-21,38H,3,14H2,1H3. The number of likely N-dealkylation sites (N-methyl/N-ethyl adjacent to an activating group) is 1. The fourth-order valence-corrected chi connectivity index (χ4v) is 10.5. The minimum atomic E-state index is 0.0920. The van der Waals surface area contributed by atoms with Crippen LogP contribution in [0.15, 0.2) is 113 Å². The van der Waals surface area contributed by atoms with Gasteiger partial charge in [0.25, 0.3) is 0 Å². The van der Waals surface area contributed by atoms with Gasteiger partial charge in [0, 0.05) is 59.7 Å². The first-order chi connectivity index (χ1) is 22.2. The second-order valence-corrected chi connectivity index (χ2v) is 14.5. The van der Waals surface area contributed by atoms with Gasteiger partial charge in [-0.2, -0.15) is 0 Å². The third-order valence-corrected chi connectivity index (χ3v) is 12.5. The molecule has 7 aromatic rings. The number of halogens is 1. The molecule has 1 unspecified atom stereocenters. The number of thiophene rings is 1. The normalized spacial score (nSPS) is 17.4. The Balaban J connectivity index is 1.32. The van der Waals surface area contributed by atoms with Crippen molar-refractivity contribution in [2.75, 3.05) is 7.05 Å². The van der Waals surface area contributed by atoms with Crippen LogP contribution in [0, 0.1) is 0 Å². The Bertz CT molecular complexity index is 2510. The molecule has 0 spiro atoms. The highest BCUT2D eigenvalue weighted by Crippen LogP contribution is 2.52. The molecule has 0 N–H and O–H groups in total. The van der Waals surface area contributed by atoms with Crippen LogP contribution in [0.4, 0.5) is 0 Å². The molecule has 6 heteroatoms. The molecule has 5 aromatic carbocycles. The quantitative estimate of drug-likeness (QED) is 0.176. The van der Waals surface area contributed by atoms with E-state index < -0.39 is 0 Å². The molecule has 45 heavy (non-hydrogen) atoms. The average molecular weight is 636 g/mol. The number of aliphatic imine (C=N–C) groups is 1. The number of hydrogen-bond donors (Lipinski definition) is 0. The van der Waals surface area contributed by atoms with Crippen molar-refractivity contribution in [1.82, 2.24) is 9.47 Å². The molecule has 0 saturated heterocycles. The van der Waals surface area contributed by atoms with E-state index in [0.717, 1.165) is 29.8 Å². The Morgan fingerprint density at radius 3 is 2.62 bits per heavy atom. The molecule has 4 heterocycles. The first-order valence-electron chi connectivity index (χ1n) is 15.3. The van der Waals surface area contributed by atoms with Crippen LogP contribution in [0.25, 0.3) is 65.0 Å². The fourth-order valence-electron chi connectivity index (χ4n) is 7.61. The van der Waals surface area contributed by atoms with Gasteiger partial charge in [0.2, 0.25) is 0 Å². The summed E-state index contributed by atoms with van der Waals surface area (Å²) in [5.74, 6) is 0. The van der Waals surface area contributed by atoms with E-state index in [1.165, 1.54) is 69.1 Å². The summed E-state index contributed by atoms with van der Waals surface area (Å²) in [7, 11) is 2.03. The zero-order chi connectivity index (χ0) is 29.8. The van der Waals surface area contributed by atoms with Crippen LogP contribution in [0.3, 0.4) is 0 Å². The van der Waals surface area contributed by atoms with Gasteiger partial charge in [-0.25, -0.2) is 4.99 Å². The SMILES string of the molecule is CN1C(Cl)=NC(c2cccc(-n3c4ccccc4c4c5c(c6sc7ccccc7c6c43)CCC=C5)c2)=C2c3ccccc3SC21. The molecule has 0 amide bonds. The summed E-state index contributed by atoms with van der Waals surface area (Å²) in [6, 6.07) is 35.4. The topological polar surface area (TPSA) is 20.5 Å². The van der Waals surface area contributed by atoms with Crippen molar-refractivity contribution < 1.29 is 0 Å². The molecular weight excluding hydrogens is 610 g/mol. The highest BCUT2D eigenvalue weighted by atomic mass is 35.5. The van der Waals surface area contributed by atoms with Gasteiger partial charge in [-0.05, 0) is 71.5 Å². The number of nitrogens with zero attached hydrogens (tertiary/aromatic N) is 3. The highest BCUT2D eigenvalue weighted by Gasteiger charge is 2.37. The summed E-state index contributed by atoms with van der Waals surface area (Å²) < 4.78 is 5.26. The molecule has 1 atom stereocenters. The van der Waals surface area contributed by atoms with Gasteiger partial charge in [-0.15, -0.1) is 11.3 Å². The second-order valence-electron chi connectivity index (χ2n) is 12.0. The molecule has 2 aromatic heterocycles. The van der Waals surface area contributed by atoms with Gasteiger partial charge < -0.3 is 9.47 Å². The smallest absolute Gasteiger partial charge is 0.200 e. The van der Waals surface area contributed by atoms with Gasteiger partial charge in [-0.3, -0.25) is 0 Å². The number of benzene rings is 5. The largest absolute Gasteiger partial charge is 0.333 e. The lowest BCUT2D eigenvalue weighted by atomic mass is 9.91. The van der Waals surface area contributed by atoms with E-state index in [4.69, 9.17) is 16.6 Å². The lowest BCUT2D eigenvalue weighted by Gasteiger charge is -2.30. The number of hydrogen-bond acceptors (Lipinski definition) is 4. The number of para-hydroxylation sites is 1. The lowest BCUT2D eigenvalue weighted by Crippen LogP contribution is -2.34. The number of fused-ring (bicyclic) bond motifs is 13. The van der Waals surface area contributed by atoms with Crippen molar-refractivity contribution in [3.05, 3.63) is 125 Å². The first kappa shape index (κ1) is 26.0. The van der Waals surface area contributed by atoms with Crippen molar-refractivity contribution in [3.8, 4) is 5.69 Å². The Morgan fingerprint density at radius 1 is 0.867 bits per heavy atom. The zero-order valence-electron chi connectivity index (χ0n) is 24.4. The van der Waals surface area contributed by atoms with Crippen LogP contribution in [-0.2, 0) is 6.42 Å². The minimum Gasteiger partial charge on any atom is -0.333 e. The third kappa shape index (κ3) is 3.57. The van der Waals surface area contributed by atoms with Crippen LogP contribution < -0.4 is 0 Å². The van der Waals surface area contributed by atoms with Crippen molar-refractivity contribution in [2.24, 2.45) is 4.99 Å². The van der Waals surface area contributed by atoms with E-state index in [0.29, 0.717) is 5.29 Å². The minimum absolute atomic E-state index is 0.0920.